The van der Waals surface area contributed by atoms with Crippen LogP contribution < -0.4 is 4.74 Å². The summed E-state index contributed by atoms with van der Waals surface area (Å²) < 4.78 is 55.8. The van der Waals surface area contributed by atoms with Gasteiger partial charge in [-0.1, -0.05) is 11.8 Å². The molecule has 0 aliphatic carbocycles. The first-order valence-corrected chi connectivity index (χ1v) is 14.9. The second-order valence-electron chi connectivity index (χ2n) is 11.7. The van der Waals surface area contributed by atoms with Gasteiger partial charge >= 0.3 is 6.55 Å². The third-order valence-electron chi connectivity index (χ3n) is 8.85. The summed E-state index contributed by atoms with van der Waals surface area (Å²) in [5.41, 5.74) is 2.01. The molecule has 1 amide bonds. The van der Waals surface area contributed by atoms with Gasteiger partial charge in [-0.3, -0.25) is 14.3 Å². The summed E-state index contributed by atoms with van der Waals surface area (Å²) in [6, 6.07) is 5.86. The minimum absolute atomic E-state index is 0.0361. The molecule has 5 heterocycles. The highest BCUT2D eigenvalue weighted by Crippen LogP contribution is 2.37. The molecule has 1 unspecified atom stereocenters. The van der Waals surface area contributed by atoms with Gasteiger partial charge < -0.3 is 24.4 Å². The number of amides is 1. The average Bonchev–Trinajstić information content (AvgIpc) is 3.65. The number of carbonyl (C=O) groups excluding carboxylic acids is 1. The number of hydrogen-bond acceptors (Lipinski definition) is 9. The van der Waals surface area contributed by atoms with Crippen molar-refractivity contribution >= 4 is 16.9 Å². The van der Waals surface area contributed by atoms with Crippen LogP contribution in [0.4, 0.5) is 13.2 Å². The average molecular weight is 641 g/mol. The number of nitrogens with zero attached hydrogens (tertiary/aromatic N) is 8. The first kappa shape index (κ1) is 31.6. The van der Waals surface area contributed by atoms with Gasteiger partial charge in [-0.2, -0.15) is 8.78 Å². The summed E-state index contributed by atoms with van der Waals surface area (Å²) in [5, 5.41) is 19.0. The van der Waals surface area contributed by atoms with E-state index in [-0.39, 0.29) is 40.0 Å². The minimum Gasteiger partial charge on any atom is -0.479 e. The zero-order valence-electron chi connectivity index (χ0n) is 25.5. The molecule has 2 fully saturated rings. The van der Waals surface area contributed by atoms with Crippen molar-refractivity contribution in [3.8, 4) is 17.0 Å². The van der Waals surface area contributed by atoms with E-state index in [1.165, 1.54) is 18.2 Å². The van der Waals surface area contributed by atoms with Gasteiger partial charge in [-0.05, 0) is 50.1 Å². The number of methoxy groups -OCH3 is 1. The molecular formula is C31H35F3N8O4. The molecule has 6 rings (SSSR count). The summed E-state index contributed by atoms with van der Waals surface area (Å²) in [5.74, 6) is -0.619. The van der Waals surface area contributed by atoms with Crippen molar-refractivity contribution in [2.45, 2.75) is 44.1 Å². The topological polar surface area (TPSA) is 124 Å². The monoisotopic (exact) mass is 640 g/mol. The number of imidazole rings is 1. The maximum atomic E-state index is 13.9. The van der Waals surface area contributed by atoms with E-state index in [1.807, 2.05) is 11.6 Å². The summed E-state index contributed by atoms with van der Waals surface area (Å²) in [4.78, 5) is 24.2. The number of hydrogen-bond donors (Lipinski definition) is 1. The maximum Gasteiger partial charge on any atom is 0.320 e. The Morgan fingerprint density at radius 1 is 1.22 bits per heavy atom. The summed E-state index contributed by atoms with van der Waals surface area (Å²) in [6.45, 7) is 5.45. The molecule has 15 heteroatoms. The van der Waals surface area contributed by atoms with Crippen LogP contribution in [-0.2, 0) is 9.53 Å². The molecule has 1 aromatic carbocycles. The number of piperidine rings is 1. The molecule has 46 heavy (non-hydrogen) atoms. The van der Waals surface area contributed by atoms with Crippen molar-refractivity contribution in [1.82, 2.24) is 39.3 Å². The lowest BCUT2D eigenvalue weighted by Crippen LogP contribution is -2.68. The Morgan fingerprint density at radius 3 is 2.61 bits per heavy atom. The first-order valence-electron chi connectivity index (χ1n) is 14.9. The lowest BCUT2D eigenvalue weighted by atomic mass is 9.91. The Bertz CT molecular complexity index is 1710. The molecule has 3 aromatic heterocycles. The molecule has 1 N–H and O–H groups in total. The van der Waals surface area contributed by atoms with E-state index >= 15 is 0 Å². The van der Waals surface area contributed by atoms with E-state index in [1.54, 1.807) is 24.1 Å². The lowest BCUT2D eigenvalue weighted by molar-refractivity contribution is -0.162. The third kappa shape index (κ3) is 5.97. The molecule has 0 bridgehead atoms. The lowest BCUT2D eigenvalue weighted by Gasteiger charge is -2.51. The molecule has 2 aliphatic rings. The zero-order valence-corrected chi connectivity index (χ0v) is 25.5. The maximum absolute atomic E-state index is 13.9. The van der Waals surface area contributed by atoms with Crippen LogP contribution in [0, 0.1) is 12.7 Å². The van der Waals surface area contributed by atoms with Crippen LogP contribution in [0.15, 0.2) is 49.4 Å². The summed E-state index contributed by atoms with van der Waals surface area (Å²) in [7, 11) is 1.68. The highest BCUT2D eigenvalue weighted by Gasteiger charge is 2.46. The molecule has 4 aromatic rings. The largest absolute Gasteiger partial charge is 0.479 e. The predicted octanol–water partition coefficient (Wildman–Crippen LogP) is 3.70. The Morgan fingerprint density at radius 2 is 1.98 bits per heavy atom. The normalized spacial score (nSPS) is 17.8. The fourth-order valence-electron chi connectivity index (χ4n) is 6.34. The Balaban J connectivity index is 1.21. The van der Waals surface area contributed by atoms with Crippen molar-refractivity contribution in [3.63, 3.8) is 0 Å². The molecule has 0 spiro atoms. The highest BCUT2D eigenvalue weighted by atomic mass is 19.3. The van der Waals surface area contributed by atoms with E-state index in [0.29, 0.717) is 28.9 Å². The number of pyridine rings is 1. The van der Waals surface area contributed by atoms with Crippen LogP contribution in [0.3, 0.4) is 0 Å². The number of likely N-dealkylation sites (tertiary alicyclic amines) is 2. The number of aliphatic hydroxyl groups is 1. The molecule has 2 aliphatic heterocycles. The number of ether oxygens (including phenoxy) is 2. The fraction of sp³-hybridized carbons (Fsp3) is 0.452. The van der Waals surface area contributed by atoms with Gasteiger partial charge in [0.15, 0.2) is 6.10 Å². The first-order chi connectivity index (χ1) is 22.1. The van der Waals surface area contributed by atoms with Gasteiger partial charge in [0.25, 0.3) is 0 Å². The summed E-state index contributed by atoms with van der Waals surface area (Å²) in [6.07, 6.45) is 3.94. The number of alkyl halides is 2. The third-order valence-corrected chi connectivity index (χ3v) is 8.85. The Labute approximate surface area is 263 Å². The van der Waals surface area contributed by atoms with Crippen LogP contribution >= 0.6 is 0 Å². The molecule has 0 saturated carbocycles. The van der Waals surface area contributed by atoms with Crippen molar-refractivity contribution in [3.05, 3.63) is 66.6 Å². The fourth-order valence-corrected chi connectivity index (χ4v) is 6.34. The molecule has 2 saturated heterocycles. The Kier molecular flexibility index (Phi) is 8.81. The smallest absolute Gasteiger partial charge is 0.320 e. The van der Waals surface area contributed by atoms with E-state index in [4.69, 9.17) is 9.47 Å². The van der Waals surface area contributed by atoms with Gasteiger partial charge in [0.1, 0.15) is 34.7 Å². The number of rotatable bonds is 11. The van der Waals surface area contributed by atoms with E-state index < -0.39 is 25.1 Å². The van der Waals surface area contributed by atoms with Crippen LogP contribution in [-0.4, -0.2) is 102 Å². The van der Waals surface area contributed by atoms with Gasteiger partial charge in [-0.25, -0.2) is 14.1 Å². The quantitative estimate of drug-likeness (QED) is 0.245. The number of halogens is 3. The van der Waals surface area contributed by atoms with E-state index in [0.717, 1.165) is 50.7 Å². The standard InChI is InChI=1S/C31H35F3N8O4/c1-4-27(44)40-16-31(17-40,45-3)15-39-9-7-22(8-10-39)42-19(2)28(37-38-42)20-11-24-29(41(18-36-24)30(33)34)25(12-20)46-26(14-43)23-6-5-21(32)13-35-23/h4-6,11-13,18,22,26,30,43H,1,7-10,14-17H2,2-3H3. The van der Waals surface area contributed by atoms with Crippen LogP contribution in [0.25, 0.3) is 22.3 Å². The van der Waals surface area contributed by atoms with Crippen molar-refractivity contribution in [2.24, 2.45) is 0 Å². The number of benzene rings is 1. The van der Waals surface area contributed by atoms with Gasteiger partial charge in [-0.15, -0.1) is 5.10 Å². The number of carbonyl (C=O) groups is 1. The zero-order chi connectivity index (χ0) is 32.6. The second-order valence-corrected chi connectivity index (χ2v) is 11.7. The molecule has 244 valence electrons. The van der Waals surface area contributed by atoms with E-state index in [9.17, 15) is 23.1 Å². The molecule has 12 nitrogen and oxygen atoms in total. The van der Waals surface area contributed by atoms with Crippen molar-refractivity contribution in [1.29, 1.82) is 0 Å². The van der Waals surface area contributed by atoms with Crippen LogP contribution in [0.5, 0.6) is 5.75 Å². The van der Waals surface area contributed by atoms with Crippen LogP contribution in [0.1, 0.15) is 42.9 Å². The molecule has 1 atom stereocenters. The number of aliphatic hydroxyl groups excluding tert-OH is 1. The molecular weight excluding hydrogens is 605 g/mol. The number of aromatic nitrogens is 6. The SMILES string of the molecule is C=CC(=O)N1CC(CN2CCC(n3nnc(-c4cc(OC(CO)c5ccc(F)cn5)c5c(c4)ncn5C(F)F)c3C)CC2)(OC)C1. The van der Waals surface area contributed by atoms with Crippen molar-refractivity contribution < 1.29 is 32.5 Å². The second kappa shape index (κ2) is 12.8. The molecule has 0 radical (unpaired) electrons. The predicted molar refractivity (Wildman–Crippen MR) is 161 cm³/mol. The summed E-state index contributed by atoms with van der Waals surface area (Å²) >= 11 is 0. The van der Waals surface area contributed by atoms with Crippen molar-refractivity contribution in [2.75, 3.05) is 46.4 Å². The van der Waals surface area contributed by atoms with Crippen LogP contribution in [0.2, 0.25) is 0 Å². The van der Waals surface area contributed by atoms with Gasteiger partial charge in [0.2, 0.25) is 5.91 Å². The van der Waals surface area contributed by atoms with E-state index in [2.05, 4.69) is 31.8 Å². The highest BCUT2D eigenvalue weighted by molar-refractivity contribution is 5.88. The Hall–Kier alpha value is -4.34. The number of fused-ring (bicyclic) bond motifs is 1. The van der Waals surface area contributed by atoms with Gasteiger partial charge in [0, 0.05) is 32.3 Å². The minimum atomic E-state index is -2.89. The van der Waals surface area contributed by atoms with Gasteiger partial charge in [0.05, 0.1) is 48.8 Å².